The van der Waals surface area contributed by atoms with Crippen molar-refractivity contribution in [3.05, 3.63) is 90.0 Å². The Bertz CT molecular complexity index is 1090. The van der Waals surface area contributed by atoms with Crippen LogP contribution in [0, 0.1) is 0 Å². The van der Waals surface area contributed by atoms with Gasteiger partial charge in [0.15, 0.2) is 0 Å². The van der Waals surface area contributed by atoms with Crippen LogP contribution in [-0.2, 0) is 17.8 Å². The molecule has 2 N–H and O–H groups in total. The van der Waals surface area contributed by atoms with E-state index in [4.69, 9.17) is 14.6 Å². The van der Waals surface area contributed by atoms with Crippen molar-refractivity contribution in [3.63, 3.8) is 0 Å². The van der Waals surface area contributed by atoms with Crippen LogP contribution in [0.5, 0.6) is 5.75 Å². The zero-order valence-corrected chi connectivity index (χ0v) is 19.5. The number of hydrogen-bond donors (Lipinski definition) is 2. The van der Waals surface area contributed by atoms with Crippen molar-refractivity contribution < 1.29 is 27.8 Å². The van der Waals surface area contributed by atoms with Gasteiger partial charge < -0.3 is 20.1 Å². The number of hydrogen-bond acceptors (Lipinski definition) is 4. The predicted octanol–water partition coefficient (Wildman–Crippen LogP) is 6.15. The molecule has 5 nitrogen and oxygen atoms in total. The largest absolute Gasteiger partial charge is 0.492 e. The molecule has 0 saturated heterocycles. The van der Waals surface area contributed by atoms with Gasteiger partial charge in [-0.2, -0.15) is 13.2 Å². The molecule has 8 heteroatoms. The Morgan fingerprint density at radius 3 is 2.34 bits per heavy atom. The Balaban J connectivity index is 0.000000429. The molecule has 35 heavy (non-hydrogen) atoms. The van der Waals surface area contributed by atoms with Crippen molar-refractivity contribution in [1.29, 1.82) is 0 Å². The third kappa shape index (κ3) is 7.67. The third-order valence-corrected chi connectivity index (χ3v) is 5.55. The molecule has 0 radical (unpaired) electrons. The lowest BCUT2D eigenvalue weighted by Crippen LogP contribution is -2.27. The van der Waals surface area contributed by atoms with Crippen LogP contribution in [0.15, 0.2) is 78.9 Å². The summed E-state index contributed by atoms with van der Waals surface area (Å²) in [5, 5.41) is 10.9. The van der Waals surface area contributed by atoms with Gasteiger partial charge in [0.1, 0.15) is 5.75 Å². The number of alkyl halides is 3. The highest BCUT2D eigenvalue weighted by molar-refractivity contribution is 5.73. The Hall–Kier alpha value is -3.68. The second kappa shape index (κ2) is 12.1. The first-order chi connectivity index (χ1) is 16.8. The van der Waals surface area contributed by atoms with E-state index in [-0.39, 0.29) is 0 Å². The van der Waals surface area contributed by atoms with Crippen molar-refractivity contribution in [2.45, 2.75) is 38.5 Å². The van der Waals surface area contributed by atoms with Crippen LogP contribution < -0.4 is 15.0 Å². The fourth-order valence-corrected chi connectivity index (χ4v) is 3.97. The fourth-order valence-electron chi connectivity index (χ4n) is 3.97. The Labute approximate surface area is 203 Å². The molecule has 0 saturated carbocycles. The molecule has 3 aromatic rings. The maximum Gasteiger partial charge on any atom is 0.490 e. The maximum atomic E-state index is 10.6. The molecular weight excluding hydrogens is 457 g/mol. The lowest BCUT2D eigenvalue weighted by atomic mass is 10.0. The van der Waals surface area contributed by atoms with Gasteiger partial charge in [-0.1, -0.05) is 60.7 Å². The second-order valence-corrected chi connectivity index (χ2v) is 8.10. The number of nitrogens with zero attached hydrogens (tertiary/aromatic N) is 1. The van der Waals surface area contributed by atoms with Crippen LogP contribution >= 0.6 is 0 Å². The number of benzene rings is 3. The summed E-state index contributed by atoms with van der Waals surface area (Å²) in [6.07, 6.45) is -2.98. The normalized spacial score (nSPS) is 15.2. The minimum absolute atomic E-state index is 0.378. The first-order valence-corrected chi connectivity index (χ1v) is 11.4. The number of carbonyl (C=O) groups is 1. The summed E-state index contributed by atoms with van der Waals surface area (Å²) in [5.74, 6) is -1.82. The van der Waals surface area contributed by atoms with E-state index in [1.807, 2.05) is 19.1 Å². The van der Waals surface area contributed by atoms with Gasteiger partial charge >= 0.3 is 12.1 Å². The minimum Gasteiger partial charge on any atom is -0.492 e. The number of para-hydroxylation sites is 3. The van der Waals surface area contributed by atoms with Crippen LogP contribution in [0.25, 0.3) is 0 Å². The third-order valence-electron chi connectivity index (χ3n) is 5.55. The van der Waals surface area contributed by atoms with Gasteiger partial charge in [0.25, 0.3) is 0 Å². The average molecular weight is 487 g/mol. The van der Waals surface area contributed by atoms with Crippen LogP contribution in [-0.4, -0.2) is 36.4 Å². The van der Waals surface area contributed by atoms with Crippen molar-refractivity contribution in [2.24, 2.45) is 0 Å². The Morgan fingerprint density at radius 1 is 1.03 bits per heavy atom. The van der Waals surface area contributed by atoms with Crippen LogP contribution in [0.4, 0.5) is 24.5 Å². The van der Waals surface area contributed by atoms with Crippen molar-refractivity contribution in [1.82, 2.24) is 0 Å². The fraction of sp³-hybridized carbons (Fsp3) is 0.296. The summed E-state index contributed by atoms with van der Waals surface area (Å²) in [6, 6.07) is 28.2. The van der Waals surface area contributed by atoms with Crippen LogP contribution in [0.1, 0.15) is 24.5 Å². The topological polar surface area (TPSA) is 61.8 Å². The Morgan fingerprint density at radius 2 is 1.66 bits per heavy atom. The van der Waals surface area contributed by atoms with E-state index in [1.54, 1.807) is 0 Å². The highest BCUT2D eigenvalue weighted by Crippen LogP contribution is 2.31. The van der Waals surface area contributed by atoms with E-state index in [0.717, 1.165) is 37.4 Å². The van der Waals surface area contributed by atoms with Crippen molar-refractivity contribution in [2.75, 3.05) is 23.4 Å². The van der Waals surface area contributed by atoms with E-state index in [2.05, 4.69) is 76.9 Å². The predicted molar refractivity (Wildman–Crippen MR) is 131 cm³/mol. The van der Waals surface area contributed by atoms with Gasteiger partial charge in [0.2, 0.25) is 0 Å². The molecule has 1 atom stereocenters. The molecule has 0 bridgehead atoms. The molecular formula is C27H29F3N2O3. The Kier molecular flexibility index (Phi) is 9.00. The molecule has 0 spiro atoms. The molecule has 1 heterocycles. The van der Waals surface area contributed by atoms with Crippen LogP contribution in [0.2, 0.25) is 0 Å². The smallest absolute Gasteiger partial charge is 0.490 e. The van der Waals surface area contributed by atoms with Gasteiger partial charge in [0.05, 0.1) is 12.3 Å². The number of anilines is 2. The molecule has 0 fully saturated rings. The number of halogens is 3. The molecule has 186 valence electrons. The monoisotopic (exact) mass is 486 g/mol. The summed E-state index contributed by atoms with van der Waals surface area (Å²) < 4.78 is 37.5. The minimum atomic E-state index is -5.08. The van der Waals surface area contributed by atoms with Crippen molar-refractivity contribution >= 4 is 17.3 Å². The van der Waals surface area contributed by atoms with Gasteiger partial charge in [-0.25, -0.2) is 4.79 Å². The number of nitrogens with one attached hydrogen (secondary N) is 1. The summed E-state index contributed by atoms with van der Waals surface area (Å²) in [6.45, 7) is 4.68. The number of rotatable bonds is 6. The summed E-state index contributed by atoms with van der Waals surface area (Å²) in [5.41, 5.74) is 5.20. The van der Waals surface area contributed by atoms with Gasteiger partial charge in [-0.3, -0.25) is 0 Å². The van der Waals surface area contributed by atoms with E-state index in [0.29, 0.717) is 12.6 Å². The average Bonchev–Trinajstić information content (AvgIpc) is 3.00. The highest BCUT2D eigenvalue weighted by Gasteiger charge is 2.38. The maximum absolute atomic E-state index is 10.6. The first kappa shape index (κ1) is 25.9. The molecule has 1 aliphatic heterocycles. The zero-order valence-electron chi connectivity index (χ0n) is 19.5. The number of carboxylic acids is 1. The zero-order chi connectivity index (χ0) is 25.3. The standard InChI is InChI=1S/C25H28N2O.C2HF3O2/c1-2-28-25-15-9-7-13-23(25)26-22-16-17-27(19-20-10-4-3-5-11-20)24-14-8-6-12-21(24)18-22;3-2(4,5)1(6)7/h3-15,22,26H,2,16-19H2,1H3;(H,6,7). The summed E-state index contributed by atoms with van der Waals surface area (Å²) in [7, 11) is 0. The molecule has 0 aliphatic carbocycles. The van der Waals surface area contributed by atoms with E-state index in [1.165, 1.54) is 16.8 Å². The summed E-state index contributed by atoms with van der Waals surface area (Å²) >= 11 is 0. The van der Waals surface area contributed by atoms with E-state index in [9.17, 15) is 13.2 Å². The quantitative estimate of drug-likeness (QED) is 0.438. The number of carboxylic acid groups (broad SMARTS) is 1. The molecule has 0 amide bonds. The highest BCUT2D eigenvalue weighted by atomic mass is 19.4. The first-order valence-electron chi connectivity index (χ1n) is 11.4. The number of aliphatic carboxylic acids is 1. The molecule has 4 rings (SSSR count). The number of fused-ring (bicyclic) bond motifs is 1. The van der Waals surface area contributed by atoms with E-state index >= 15 is 0 Å². The van der Waals surface area contributed by atoms with Gasteiger partial charge in [0, 0.05) is 24.8 Å². The van der Waals surface area contributed by atoms with Gasteiger partial charge in [-0.05, 0) is 49.1 Å². The van der Waals surface area contributed by atoms with Crippen LogP contribution in [0.3, 0.4) is 0 Å². The number of ether oxygens (including phenoxy) is 1. The van der Waals surface area contributed by atoms with E-state index < -0.39 is 12.1 Å². The van der Waals surface area contributed by atoms with Gasteiger partial charge in [-0.15, -0.1) is 0 Å². The lowest BCUT2D eigenvalue weighted by Gasteiger charge is -2.25. The summed E-state index contributed by atoms with van der Waals surface area (Å²) in [4.78, 5) is 11.4. The molecule has 1 unspecified atom stereocenters. The second-order valence-electron chi connectivity index (χ2n) is 8.10. The molecule has 0 aromatic heterocycles. The SMILES string of the molecule is CCOc1ccccc1NC1CCN(Cc2ccccc2)c2ccccc2C1.O=C(O)C(F)(F)F. The molecule has 3 aromatic carbocycles. The molecule has 1 aliphatic rings. The lowest BCUT2D eigenvalue weighted by molar-refractivity contribution is -0.192. The van der Waals surface area contributed by atoms with Crippen molar-refractivity contribution in [3.8, 4) is 5.75 Å².